The molecule has 4 aromatic rings. The second-order valence-corrected chi connectivity index (χ2v) is 8.74. The summed E-state index contributed by atoms with van der Waals surface area (Å²) in [5, 5.41) is 2.27. The Kier molecular flexibility index (Phi) is 4.71. The summed E-state index contributed by atoms with van der Waals surface area (Å²) in [5.74, 6) is 1.39. The minimum Gasteiger partial charge on any atom is -0.493 e. The molecule has 4 rings (SSSR count). The Labute approximate surface area is 168 Å². The van der Waals surface area contributed by atoms with Crippen LogP contribution in [0, 0.1) is 0 Å². The van der Waals surface area contributed by atoms with Crippen molar-refractivity contribution in [2.45, 2.75) is 4.90 Å². The zero-order valence-electron chi connectivity index (χ0n) is 16.2. The van der Waals surface area contributed by atoms with Crippen LogP contribution in [-0.4, -0.2) is 34.7 Å². The fourth-order valence-corrected chi connectivity index (χ4v) is 4.78. The lowest BCUT2D eigenvalue weighted by Gasteiger charge is -2.12. The molecule has 0 spiro atoms. The monoisotopic (exact) mass is 408 g/mol. The summed E-state index contributed by atoms with van der Waals surface area (Å²) >= 11 is 0. The first-order valence-corrected chi connectivity index (χ1v) is 10.7. The van der Waals surface area contributed by atoms with Gasteiger partial charge in [0.05, 0.1) is 34.4 Å². The molecule has 148 valence electrons. The van der Waals surface area contributed by atoms with Gasteiger partial charge in [0.1, 0.15) is 6.33 Å². The number of rotatable bonds is 4. The molecule has 1 unspecified atom stereocenters. The zero-order chi connectivity index (χ0) is 20.6. The number of anilines is 1. The van der Waals surface area contributed by atoms with Crippen molar-refractivity contribution in [1.29, 1.82) is 0 Å². The second-order valence-electron chi connectivity index (χ2n) is 6.51. The number of methoxy groups -OCH3 is 2. The molecule has 1 heterocycles. The number of nitrogen functional groups attached to an aromatic ring is 1. The number of nitrogens with two attached hydrogens (primary N) is 1. The molecule has 0 amide bonds. The van der Waals surface area contributed by atoms with Crippen LogP contribution in [0.2, 0.25) is 0 Å². The third-order valence-corrected chi connectivity index (χ3v) is 6.40. The van der Waals surface area contributed by atoms with Gasteiger partial charge in [-0.2, -0.15) is 4.36 Å². The third kappa shape index (κ3) is 3.31. The zero-order valence-corrected chi connectivity index (χ0v) is 17.1. The second kappa shape index (κ2) is 7.21. The molecule has 0 saturated carbocycles. The fourth-order valence-electron chi connectivity index (χ4n) is 3.29. The van der Waals surface area contributed by atoms with Gasteiger partial charge in [0.2, 0.25) is 0 Å². The van der Waals surface area contributed by atoms with Crippen LogP contribution >= 0.6 is 0 Å². The molecule has 0 saturated heterocycles. The van der Waals surface area contributed by atoms with E-state index in [4.69, 9.17) is 15.2 Å². The first kappa shape index (κ1) is 18.9. The van der Waals surface area contributed by atoms with E-state index in [0.717, 1.165) is 10.8 Å². The van der Waals surface area contributed by atoms with E-state index in [1.807, 2.05) is 30.3 Å². The van der Waals surface area contributed by atoms with Gasteiger partial charge in [0.15, 0.2) is 17.3 Å². The van der Waals surface area contributed by atoms with E-state index in [2.05, 4.69) is 14.3 Å². The number of fused-ring (bicyclic) bond motifs is 2. The van der Waals surface area contributed by atoms with Crippen LogP contribution in [0.1, 0.15) is 0 Å². The van der Waals surface area contributed by atoms with Crippen molar-refractivity contribution in [2.24, 2.45) is 4.36 Å². The van der Waals surface area contributed by atoms with Gasteiger partial charge in [-0.1, -0.05) is 24.3 Å². The van der Waals surface area contributed by atoms with E-state index in [0.29, 0.717) is 38.8 Å². The van der Waals surface area contributed by atoms with Crippen LogP contribution in [0.3, 0.4) is 0 Å². The molecule has 1 atom stereocenters. The average molecular weight is 408 g/mol. The third-order valence-electron chi connectivity index (χ3n) is 4.70. The SMILES string of the molecule is COc1cc2ncnc(N=S(C)(=O)c3cccc4c(N)cccc34)c2cc1OC. The fraction of sp³-hybridized carbons (Fsp3) is 0.143. The molecule has 0 aliphatic rings. The largest absolute Gasteiger partial charge is 0.493 e. The summed E-state index contributed by atoms with van der Waals surface area (Å²) in [6, 6.07) is 14.6. The topological polar surface area (TPSA) is 99.7 Å². The van der Waals surface area contributed by atoms with E-state index in [1.54, 1.807) is 38.7 Å². The summed E-state index contributed by atoms with van der Waals surface area (Å²) in [7, 11) is 0.280. The average Bonchev–Trinajstić information content (AvgIpc) is 2.72. The molecule has 2 N–H and O–H groups in total. The lowest BCUT2D eigenvalue weighted by molar-refractivity contribution is 0.356. The minimum atomic E-state index is -2.83. The van der Waals surface area contributed by atoms with E-state index >= 15 is 0 Å². The summed E-state index contributed by atoms with van der Waals surface area (Å²) in [6.07, 6.45) is 2.99. The number of nitrogens with zero attached hydrogens (tertiary/aromatic N) is 3. The van der Waals surface area contributed by atoms with Gasteiger partial charge in [0, 0.05) is 34.2 Å². The van der Waals surface area contributed by atoms with Crippen molar-refractivity contribution >= 4 is 42.9 Å². The Hall–Kier alpha value is -3.39. The van der Waals surface area contributed by atoms with E-state index in [9.17, 15) is 4.21 Å². The van der Waals surface area contributed by atoms with Gasteiger partial charge in [0.25, 0.3) is 0 Å². The van der Waals surface area contributed by atoms with E-state index < -0.39 is 9.73 Å². The van der Waals surface area contributed by atoms with Gasteiger partial charge in [-0.25, -0.2) is 14.2 Å². The Morgan fingerprint density at radius 3 is 2.38 bits per heavy atom. The Morgan fingerprint density at radius 2 is 1.62 bits per heavy atom. The first-order chi connectivity index (χ1) is 13.9. The van der Waals surface area contributed by atoms with Crippen LogP contribution in [0.5, 0.6) is 11.5 Å². The van der Waals surface area contributed by atoms with Gasteiger partial charge >= 0.3 is 0 Å². The summed E-state index contributed by atoms with van der Waals surface area (Å²) in [5.41, 5.74) is 7.33. The van der Waals surface area contributed by atoms with E-state index in [-0.39, 0.29) is 0 Å². The van der Waals surface area contributed by atoms with Gasteiger partial charge < -0.3 is 15.2 Å². The van der Waals surface area contributed by atoms with Crippen molar-refractivity contribution in [3.8, 4) is 11.5 Å². The molecule has 3 aromatic carbocycles. The standard InChI is InChI=1S/C21H20N4O3S/c1-27-18-10-15-17(11-19(18)28-2)23-12-24-21(15)25-29(3,26)20-9-5-6-13-14(20)7-4-8-16(13)22/h4-12H,22H2,1-3H3. The highest BCUT2D eigenvalue weighted by Gasteiger charge is 2.15. The van der Waals surface area contributed by atoms with Crippen LogP contribution in [0.15, 0.2) is 64.1 Å². The number of hydrogen-bond acceptors (Lipinski definition) is 7. The number of benzene rings is 3. The Morgan fingerprint density at radius 1 is 0.931 bits per heavy atom. The van der Waals surface area contributed by atoms with Gasteiger partial charge in [-0.05, 0) is 18.2 Å². The van der Waals surface area contributed by atoms with Crippen molar-refractivity contribution < 1.29 is 13.7 Å². The minimum absolute atomic E-state index is 0.323. The molecule has 0 aliphatic carbocycles. The van der Waals surface area contributed by atoms with Crippen LogP contribution < -0.4 is 15.2 Å². The number of aromatic nitrogens is 2. The summed E-state index contributed by atoms with van der Waals surface area (Å²) in [6.45, 7) is 0. The van der Waals surface area contributed by atoms with Crippen molar-refractivity contribution in [2.75, 3.05) is 26.2 Å². The highest BCUT2D eigenvalue weighted by molar-refractivity contribution is 7.93. The van der Waals surface area contributed by atoms with E-state index in [1.165, 1.54) is 6.33 Å². The highest BCUT2D eigenvalue weighted by Crippen LogP contribution is 2.36. The lowest BCUT2D eigenvalue weighted by atomic mass is 10.1. The predicted molar refractivity (Wildman–Crippen MR) is 115 cm³/mol. The van der Waals surface area contributed by atoms with Crippen molar-refractivity contribution in [1.82, 2.24) is 9.97 Å². The molecule has 0 aliphatic heterocycles. The quantitative estimate of drug-likeness (QED) is 0.509. The number of ether oxygens (including phenoxy) is 2. The molecule has 0 fully saturated rings. The molecular formula is C21H20N4O3S. The summed E-state index contributed by atoms with van der Waals surface area (Å²) < 4.78 is 28.9. The molecule has 0 radical (unpaired) electrons. The molecule has 8 heteroatoms. The normalized spacial score (nSPS) is 13.2. The van der Waals surface area contributed by atoms with Gasteiger partial charge in [-0.3, -0.25) is 0 Å². The molecule has 1 aromatic heterocycles. The maximum Gasteiger partial charge on any atom is 0.173 e. The Balaban J connectivity index is 1.98. The summed E-state index contributed by atoms with van der Waals surface area (Å²) in [4.78, 5) is 9.15. The molecule has 0 bridgehead atoms. The van der Waals surface area contributed by atoms with Crippen LogP contribution in [0.4, 0.5) is 11.5 Å². The first-order valence-electron chi connectivity index (χ1n) is 8.80. The van der Waals surface area contributed by atoms with Crippen molar-refractivity contribution in [3.63, 3.8) is 0 Å². The Bertz CT molecular complexity index is 1360. The van der Waals surface area contributed by atoms with Crippen LogP contribution in [0.25, 0.3) is 21.7 Å². The molecular weight excluding hydrogens is 388 g/mol. The maximum absolute atomic E-state index is 13.7. The van der Waals surface area contributed by atoms with Crippen molar-refractivity contribution in [3.05, 3.63) is 54.9 Å². The molecule has 29 heavy (non-hydrogen) atoms. The number of hydrogen-bond donors (Lipinski definition) is 1. The lowest BCUT2D eigenvalue weighted by Crippen LogP contribution is -2.00. The smallest absolute Gasteiger partial charge is 0.173 e. The van der Waals surface area contributed by atoms with Gasteiger partial charge in [-0.15, -0.1) is 0 Å². The maximum atomic E-state index is 13.7. The predicted octanol–water partition coefficient (Wildman–Crippen LogP) is 4.17. The molecule has 7 nitrogen and oxygen atoms in total. The highest BCUT2D eigenvalue weighted by atomic mass is 32.2. The van der Waals surface area contributed by atoms with Crippen LogP contribution in [-0.2, 0) is 9.73 Å².